The van der Waals surface area contributed by atoms with Crippen molar-refractivity contribution in [3.8, 4) is 0 Å². The lowest BCUT2D eigenvalue weighted by molar-refractivity contribution is 0.0207. The Morgan fingerprint density at radius 1 is 1.32 bits per heavy atom. The topological polar surface area (TPSA) is 32.8 Å². The maximum atomic E-state index is 12.3. The normalized spacial score (nSPS) is 22.2. The third-order valence-corrected chi connectivity index (χ3v) is 4.18. The van der Waals surface area contributed by atoms with E-state index in [2.05, 4.69) is 43.1 Å². The fourth-order valence-corrected chi connectivity index (χ4v) is 3.08. The summed E-state index contributed by atoms with van der Waals surface area (Å²) in [5.41, 5.74) is 0.859. The molecule has 1 saturated heterocycles. The van der Waals surface area contributed by atoms with Crippen molar-refractivity contribution in [1.29, 1.82) is 0 Å². The summed E-state index contributed by atoms with van der Waals surface area (Å²) < 4.78 is 5.51. The van der Waals surface area contributed by atoms with Crippen molar-refractivity contribution in [2.75, 3.05) is 13.6 Å². The molecule has 1 aliphatic rings. The average Bonchev–Trinajstić information content (AvgIpc) is 2.80. The summed E-state index contributed by atoms with van der Waals surface area (Å²) >= 11 is 0. The second-order valence-electron chi connectivity index (χ2n) is 7.17. The van der Waals surface area contributed by atoms with E-state index < -0.39 is 5.60 Å². The number of amides is 1. The van der Waals surface area contributed by atoms with Crippen LogP contribution in [0.5, 0.6) is 0 Å². The number of carbonyl (C=O) groups excluding carboxylic acids is 1. The van der Waals surface area contributed by atoms with Crippen molar-refractivity contribution in [2.24, 2.45) is 0 Å². The molecule has 0 aliphatic carbocycles. The van der Waals surface area contributed by atoms with Crippen LogP contribution in [0.25, 0.3) is 0 Å². The molecule has 0 radical (unpaired) electrons. The molecule has 1 aromatic rings. The zero-order valence-corrected chi connectivity index (χ0v) is 14.4. The van der Waals surface area contributed by atoms with Gasteiger partial charge in [-0.05, 0) is 46.7 Å². The molecular weight excluding hydrogens is 276 g/mol. The smallest absolute Gasteiger partial charge is 0.410 e. The highest BCUT2D eigenvalue weighted by atomic mass is 16.6. The van der Waals surface area contributed by atoms with Gasteiger partial charge >= 0.3 is 6.09 Å². The van der Waals surface area contributed by atoms with Crippen LogP contribution in [0.15, 0.2) is 30.3 Å². The lowest BCUT2D eigenvalue weighted by Gasteiger charge is -2.32. The minimum Gasteiger partial charge on any atom is -0.444 e. The average molecular weight is 304 g/mol. The zero-order valence-electron chi connectivity index (χ0n) is 14.4. The molecular formula is C18H28N2O2. The molecule has 1 aromatic carbocycles. The van der Waals surface area contributed by atoms with Gasteiger partial charge in [-0.2, -0.15) is 0 Å². The number of likely N-dealkylation sites (N-methyl/N-ethyl adjacent to an activating group) is 1. The molecule has 122 valence electrons. The highest BCUT2D eigenvalue weighted by Gasteiger charge is 2.37. The van der Waals surface area contributed by atoms with Gasteiger partial charge in [0.1, 0.15) is 5.60 Å². The predicted octanol–water partition coefficient (Wildman–Crippen LogP) is 3.52. The summed E-state index contributed by atoms with van der Waals surface area (Å²) in [6.45, 7) is 9.50. The number of ether oxygens (including phenoxy) is 1. The van der Waals surface area contributed by atoms with E-state index in [0.717, 1.165) is 19.5 Å². The molecule has 2 unspecified atom stereocenters. The zero-order chi connectivity index (χ0) is 16.3. The first kappa shape index (κ1) is 16.8. The third kappa shape index (κ3) is 4.23. The fraction of sp³-hybridized carbons (Fsp3) is 0.611. The molecule has 0 spiro atoms. The lowest BCUT2D eigenvalue weighted by atomic mass is 10.1. The van der Waals surface area contributed by atoms with Crippen LogP contribution in [0, 0.1) is 0 Å². The van der Waals surface area contributed by atoms with Gasteiger partial charge in [0.05, 0.1) is 0 Å². The molecule has 0 N–H and O–H groups in total. The maximum Gasteiger partial charge on any atom is 0.410 e. The van der Waals surface area contributed by atoms with Gasteiger partial charge in [0.2, 0.25) is 0 Å². The number of rotatable bonds is 3. The number of benzene rings is 1. The molecule has 1 heterocycles. The Kier molecular flexibility index (Phi) is 5.12. The van der Waals surface area contributed by atoms with E-state index in [-0.39, 0.29) is 12.1 Å². The standard InChI is InChI=1S/C18H28N2O2/c1-14-16(19(5)13-15-9-7-6-8-10-15)11-12-20(14)17(21)22-18(2,3)4/h6-10,14,16H,11-13H2,1-5H3. The summed E-state index contributed by atoms with van der Waals surface area (Å²) in [6.07, 6.45) is 0.791. The molecule has 0 bridgehead atoms. The van der Waals surface area contributed by atoms with Crippen molar-refractivity contribution in [2.45, 2.75) is 58.3 Å². The van der Waals surface area contributed by atoms with Gasteiger partial charge in [-0.25, -0.2) is 4.79 Å². The second-order valence-corrected chi connectivity index (χ2v) is 7.17. The van der Waals surface area contributed by atoms with Crippen molar-refractivity contribution in [3.05, 3.63) is 35.9 Å². The third-order valence-electron chi connectivity index (χ3n) is 4.18. The second kappa shape index (κ2) is 6.69. The summed E-state index contributed by atoms with van der Waals surface area (Å²) in [5, 5.41) is 0. The van der Waals surface area contributed by atoms with E-state index in [4.69, 9.17) is 4.74 Å². The Morgan fingerprint density at radius 3 is 2.55 bits per heavy atom. The monoisotopic (exact) mass is 304 g/mol. The largest absolute Gasteiger partial charge is 0.444 e. The number of likely N-dealkylation sites (tertiary alicyclic amines) is 1. The molecule has 0 aromatic heterocycles. The Morgan fingerprint density at radius 2 is 1.95 bits per heavy atom. The SMILES string of the molecule is CC1C(N(C)Cc2ccccc2)CCN1C(=O)OC(C)(C)C. The van der Waals surface area contributed by atoms with Gasteiger partial charge in [0.25, 0.3) is 0 Å². The molecule has 4 nitrogen and oxygen atoms in total. The molecule has 4 heteroatoms. The van der Waals surface area contributed by atoms with Gasteiger partial charge in [0, 0.05) is 25.2 Å². The summed E-state index contributed by atoms with van der Waals surface area (Å²) in [7, 11) is 2.13. The van der Waals surface area contributed by atoms with E-state index in [9.17, 15) is 4.79 Å². The van der Waals surface area contributed by atoms with E-state index in [0.29, 0.717) is 6.04 Å². The summed E-state index contributed by atoms with van der Waals surface area (Å²) in [5.74, 6) is 0. The quantitative estimate of drug-likeness (QED) is 0.856. The molecule has 1 aliphatic heterocycles. The van der Waals surface area contributed by atoms with Crippen LogP contribution in [-0.4, -0.2) is 47.2 Å². The maximum absolute atomic E-state index is 12.3. The van der Waals surface area contributed by atoms with Crippen molar-refractivity contribution in [3.63, 3.8) is 0 Å². The number of nitrogens with zero attached hydrogens (tertiary/aromatic N) is 2. The number of hydrogen-bond donors (Lipinski definition) is 0. The van der Waals surface area contributed by atoms with Crippen LogP contribution in [0.2, 0.25) is 0 Å². The number of carbonyl (C=O) groups is 1. The first-order valence-corrected chi connectivity index (χ1v) is 8.02. The summed E-state index contributed by atoms with van der Waals surface area (Å²) in [6, 6.07) is 11.0. The molecule has 1 amide bonds. The molecule has 2 atom stereocenters. The van der Waals surface area contributed by atoms with E-state index >= 15 is 0 Å². The molecule has 1 fully saturated rings. The Bertz CT molecular complexity index is 496. The highest BCUT2D eigenvalue weighted by molar-refractivity contribution is 5.69. The van der Waals surface area contributed by atoms with E-state index in [1.165, 1.54) is 5.56 Å². The summed E-state index contributed by atoms with van der Waals surface area (Å²) in [4.78, 5) is 16.5. The van der Waals surface area contributed by atoms with Crippen LogP contribution in [0.4, 0.5) is 4.79 Å². The van der Waals surface area contributed by atoms with Gasteiger partial charge < -0.3 is 9.64 Å². The van der Waals surface area contributed by atoms with Gasteiger partial charge in [0.15, 0.2) is 0 Å². The van der Waals surface area contributed by atoms with Crippen LogP contribution in [0.3, 0.4) is 0 Å². The van der Waals surface area contributed by atoms with Crippen LogP contribution >= 0.6 is 0 Å². The number of hydrogen-bond acceptors (Lipinski definition) is 3. The first-order valence-electron chi connectivity index (χ1n) is 8.02. The lowest BCUT2D eigenvalue weighted by Crippen LogP contribution is -2.45. The Hall–Kier alpha value is -1.55. The van der Waals surface area contributed by atoms with Crippen molar-refractivity contribution < 1.29 is 9.53 Å². The van der Waals surface area contributed by atoms with Crippen LogP contribution < -0.4 is 0 Å². The molecule has 2 rings (SSSR count). The van der Waals surface area contributed by atoms with E-state index in [1.807, 2.05) is 31.7 Å². The molecule has 22 heavy (non-hydrogen) atoms. The van der Waals surface area contributed by atoms with Crippen LogP contribution in [-0.2, 0) is 11.3 Å². The predicted molar refractivity (Wildman–Crippen MR) is 88.7 cm³/mol. The van der Waals surface area contributed by atoms with E-state index in [1.54, 1.807) is 0 Å². The Labute approximate surface area is 134 Å². The van der Waals surface area contributed by atoms with Gasteiger partial charge in [-0.3, -0.25) is 4.90 Å². The van der Waals surface area contributed by atoms with Crippen LogP contribution in [0.1, 0.15) is 39.7 Å². The van der Waals surface area contributed by atoms with Crippen molar-refractivity contribution in [1.82, 2.24) is 9.80 Å². The first-order chi connectivity index (χ1) is 10.3. The minimum atomic E-state index is -0.440. The molecule has 0 saturated carbocycles. The fourth-order valence-electron chi connectivity index (χ4n) is 3.08. The van der Waals surface area contributed by atoms with Gasteiger partial charge in [-0.15, -0.1) is 0 Å². The van der Waals surface area contributed by atoms with Crippen molar-refractivity contribution >= 4 is 6.09 Å². The Balaban J connectivity index is 1.95. The van der Waals surface area contributed by atoms with Gasteiger partial charge in [-0.1, -0.05) is 30.3 Å². The highest BCUT2D eigenvalue weighted by Crippen LogP contribution is 2.25. The minimum absolute atomic E-state index is 0.170.